The van der Waals surface area contributed by atoms with Crippen LogP contribution in [0, 0.1) is 0 Å². The molecule has 0 heterocycles. The monoisotopic (exact) mass is 322 g/mol. The molecule has 0 rings (SSSR count). The molecule has 0 amide bonds. The molecule has 11 nitrogen and oxygen atoms in total. The molecule has 11 heteroatoms. The van der Waals surface area contributed by atoms with E-state index in [9.17, 15) is 14.4 Å². The Bertz CT molecular complexity index is 391. The van der Waals surface area contributed by atoms with Crippen molar-refractivity contribution in [2.75, 3.05) is 13.1 Å². The van der Waals surface area contributed by atoms with Crippen molar-refractivity contribution in [2.45, 2.75) is 31.3 Å². The predicted molar refractivity (Wildman–Crippen MR) is 76.1 cm³/mol. The summed E-state index contributed by atoms with van der Waals surface area (Å²) in [5.74, 6) is -4.86. The van der Waals surface area contributed by atoms with Crippen LogP contribution < -0.4 is 17.2 Å². The molecule has 0 saturated heterocycles. The fourth-order valence-electron chi connectivity index (χ4n) is 1.18. The van der Waals surface area contributed by atoms with Crippen molar-refractivity contribution in [3.05, 3.63) is 0 Å². The van der Waals surface area contributed by atoms with Gasteiger partial charge in [0, 0.05) is 6.54 Å². The Hall–Kier alpha value is -2.40. The summed E-state index contributed by atoms with van der Waals surface area (Å²) in [6.07, 6.45) is -0.339. The van der Waals surface area contributed by atoms with E-state index in [0.29, 0.717) is 13.1 Å². The first kappa shape index (κ1) is 21.9. The summed E-state index contributed by atoms with van der Waals surface area (Å²) in [5, 5.41) is 33.8. The number of rotatable bonds is 9. The van der Waals surface area contributed by atoms with Gasteiger partial charge in [-0.1, -0.05) is 0 Å². The lowest BCUT2D eigenvalue weighted by Crippen LogP contribution is -2.42. The Morgan fingerprint density at radius 3 is 1.68 bits per heavy atom. The second-order valence-electron chi connectivity index (χ2n) is 4.28. The molecule has 0 spiro atoms. The SMILES string of the molecule is NCCCCN=C(N)N.O=C(O)CC(O)(CC(=O)O)C(=O)O. The topological polar surface area (TPSA) is 223 Å². The normalized spacial score (nSPS) is 10.1. The maximum Gasteiger partial charge on any atom is 0.336 e. The molecule has 0 radical (unpaired) electrons. The van der Waals surface area contributed by atoms with E-state index >= 15 is 0 Å². The zero-order chi connectivity index (χ0) is 17.8. The molecular weight excluding hydrogens is 300 g/mol. The van der Waals surface area contributed by atoms with Gasteiger partial charge >= 0.3 is 17.9 Å². The van der Waals surface area contributed by atoms with Gasteiger partial charge in [0.15, 0.2) is 11.6 Å². The summed E-state index contributed by atoms with van der Waals surface area (Å²) in [6.45, 7) is 1.40. The number of hydrogen-bond donors (Lipinski definition) is 7. The fraction of sp³-hybridized carbons (Fsp3) is 0.636. The number of aliphatic hydroxyl groups is 1. The van der Waals surface area contributed by atoms with Gasteiger partial charge in [-0.2, -0.15) is 0 Å². The van der Waals surface area contributed by atoms with Crippen LogP contribution in [0.25, 0.3) is 0 Å². The first-order chi connectivity index (χ1) is 10.0. The number of nitrogens with zero attached hydrogens (tertiary/aromatic N) is 1. The smallest absolute Gasteiger partial charge is 0.336 e. The van der Waals surface area contributed by atoms with E-state index in [-0.39, 0.29) is 5.96 Å². The zero-order valence-corrected chi connectivity index (χ0v) is 11.9. The molecule has 10 N–H and O–H groups in total. The molecule has 0 bridgehead atoms. The summed E-state index contributed by atoms with van der Waals surface area (Å²) in [4.78, 5) is 34.3. The first-order valence-corrected chi connectivity index (χ1v) is 6.20. The highest BCUT2D eigenvalue weighted by molar-refractivity contribution is 5.88. The number of aliphatic carboxylic acids is 3. The standard InChI is InChI=1S/C6H8O7.C5H14N4/c7-3(8)1-6(13,5(11)12)2-4(9)10;6-3-1-2-4-9-5(7)8/h13H,1-2H2,(H,7,8)(H,9,10)(H,11,12);1-4,6H2,(H4,7,8,9). The molecule has 0 atom stereocenters. The fourth-order valence-corrected chi connectivity index (χ4v) is 1.18. The van der Waals surface area contributed by atoms with Crippen LogP contribution in [0.4, 0.5) is 0 Å². The van der Waals surface area contributed by atoms with Crippen LogP contribution in [-0.4, -0.2) is 63.0 Å². The molecule has 128 valence electrons. The summed E-state index contributed by atoms with van der Waals surface area (Å²) < 4.78 is 0. The third-order valence-electron chi connectivity index (χ3n) is 2.19. The maximum atomic E-state index is 10.3. The quantitative estimate of drug-likeness (QED) is 0.137. The highest BCUT2D eigenvalue weighted by Gasteiger charge is 2.40. The highest BCUT2D eigenvalue weighted by atomic mass is 16.4. The van der Waals surface area contributed by atoms with Gasteiger partial charge in [0.05, 0.1) is 12.8 Å². The number of carboxylic acids is 3. The van der Waals surface area contributed by atoms with Crippen molar-refractivity contribution in [2.24, 2.45) is 22.2 Å². The van der Waals surface area contributed by atoms with Crippen molar-refractivity contribution in [3.8, 4) is 0 Å². The van der Waals surface area contributed by atoms with E-state index in [2.05, 4.69) is 4.99 Å². The van der Waals surface area contributed by atoms with E-state index in [1.807, 2.05) is 0 Å². The molecule has 0 aliphatic rings. The number of carbonyl (C=O) groups is 3. The molecule has 22 heavy (non-hydrogen) atoms. The molecule has 0 fully saturated rings. The van der Waals surface area contributed by atoms with Crippen molar-refractivity contribution < 1.29 is 34.8 Å². The van der Waals surface area contributed by atoms with E-state index in [1.165, 1.54) is 0 Å². The van der Waals surface area contributed by atoms with Gasteiger partial charge in [0.1, 0.15) is 0 Å². The number of carboxylic acid groups (broad SMARTS) is 3. The molecule has 0 aliphatic carbocycles. The van der Waals surface area contributed by atoms with E-state index in [1.54, 1.807) is 0 Å². The van der Waals surface area contributed by atoms with Crippen molar-refractivity contribution >= 4 is 23.9 Å². The highest BCUT2D eigenvalue weighted by Crippen LogP contribution is 2.15. The van der Waals surface area contributed by atoms with Crippen LogP contribution in [-0.2, 0) is 14.4 Å². The zero-order valence-electron chi connectivity index (χ0n) is 11.9. The lowest BCUT2D eigenvalue weighted by atomic mass is 9.96. The van der Waals surface area contributed by atoms with Gasteiger partial charge in [0.25, 0.3) is 0 Å². The molecule has 0 aromatic carbocycles. The van der Waals surface area contributed by atoms with E-state index in [0.717, 1.165) is 12.8 Å². The van der Waals surface area contributed by atoms with Crippen LogP contribution >= 0.6 is 0 Å². The van der Waals surface area contributed by atoms with Gasteiger partial charge in [-0.15, -0.1) is 0 Å². The molecule has 0 aromatic rings. The second-order valence-corrected chi connectivity index (χ2v) is 4.28. The van der Waals surface area contributed by atoms with E-state index in [4.69, 9.17) is 37.6 Å². The van der Waals surface area contributed by atoms with Gasteiger partial charge in [0.2, 0.25) is 0 Å². The lowest BCUT2D eigenvalue weighted by Gasteiger charge is -2.18. The van der Waals surface area contributed by atoms with Crippen molar-refractivity contribution in [1.29, 1.82) is 0 Å². The molecule has 0 unspecified atom stereocenters. The third kappa shape index (κ3) is 12.6. The van der Waals surface area contributed by atoms with Crippen LogP contribution in [0.2, 0.25) is 0 Å². The summed E-state index contributed by atoms with van der Waals surface area (Å²) >= 11 is 0. The van der Waals surface area contributed by atoms with Gasteiger partial charge in [-0.05, 0) is 19.4 Å². The second kappa shape index (κ2) is 11.3. The molecular formula is C11H22N4O7. The van der Waals surface area contributed by atoms with Crippen LogP contribution in [0.5, 0.6) is 0 Å². The summed E-state index contributed by atoms with van der Waals surface area (Å²) in [6, 6.07) is 0. The predicted octanol–water partition coefficient (Wildman–Crippen LogP) is -2.25. The molecule has 0 aliphatic heterocycles. The average Bonchev–Trinajstić information content (AvgIpc) is 2.33. The van der Waals surface area contributed by atoms with Gasteiger partial charge in [-0.25, -0.2) is 4.79 Å². The third-order valence-corrected chi connectivity index (χ3v) is 2.19. The molecule has 0 aromatic heterocycles. The summed E-state index contributed by atoms with van der Waals surface area (Å²) in [7, 11) is 0. The maximum absolute atomic E-state index is 10.3. The summed E-state index contributed by atoms with van der Waals surface area (Å²) in [5.41, 5.74) is 12.6. The van der Waals surface area contributed by atoms with Gasteiger partial charge in [-0.3, -0.25) is 14.6 Å². The number of nitrogens with two attached hydrogens (primary N) is 3. The lowest BCUT2D eigenvalue weighted by molar-refractivity contribution is -0.170. The minimum atomic E-state index is -2.74. The Morgan fingerprint density at radius 1 is 0.955 bits per heavy atom. The van der Waals surface area contributed by atoms with Crippen LogP contribution in [0.15, 0.2) is 4.99 Å². The Labute approximate surface area is 126 Å². The van der Waals surface area contributed by atoms with Crippen molar-refractivity contribution in [1.82, 2.24) is 0 Å². The number of unbranched alkanes of at least 4 members (excludes halogenated alkanes) is 1. The first-order valence-electron chi connectivity index (χ1n) is 6.20. The van der Waals surface area contributed by atoms with Crippen molar-refractivity contribution in [3.63, 3.8) is 0 Å². The van der Waals surface area contributed by atoms with Gasteiger partial charge < -0.3 is 37.6 Å². The Balaban J connectivity index is 0. The van der Waals surface area contributed by atoms with Crippen LogP contribution in [0.3, 0.4) is 0 Å². The average molecular weight is 322 g/mol. The Kier molecular flexibility index (Phi) is 11.2. The number of hydrogen-bond acceptors (Lipinski definition) is 6. The van der Waals surface area contributed by atoms with E-state index < -0.39 is 36.4 Å². The number of aliphatic imine (C=N–C) groups is 1. The number of guanidine groups is 1. The minimum absolute atomic E-state index is 0.159. The Morgan fingerprint density at radius 2 is 1.41 bits per heavy atom. The molecule has 0 saturated carbocycles. The largest absolute Gasteiger partial charge is 0.481 e. The van der Waals surface area contributed by atoms with Crippen LogP contribution in [0.1, 0.15) is 25.7 Å². The minimum Gasteiger partial charge on any atom is -0.481 e.